The second-order valence-corrected chi connectivity index (χ2v) is 4.42. The lowest BCUT2D eigenvalue weighted by molar-refractivity contribution is 0.417. The van der Waals surface area contributed by atoms with Crippen molar-refractivity contribution < 1.29 is 4.42 Å². The van der Waals surface area contributed by atoms with Gasteiger partial charge in [0.15, 0.2) is 5.22 Å². The van der Waals surface area contributed by atoms with Crippen LogP contribution in [0.3, 0.4) is 0 Å². The first-order chi connectivity index (χ1) is 8.19. The molecule has 0 saturated heterocycles. The van der Waals surface area contributed by atoms with Gasteiger partial charge in [0.25, 0.3) is 0 Å². The predicted molar refractivity (Wildman–Crippen MR) is 68.7 cm³/mol. The van der Waals surface area contributed by atoms with Crippen molar-refractivity contribution in [2.45, 2.75) is 19.4 Å². The number of hydrazine groups is 1. The monoisotopic (exact) mass is 250 g/mol. The number of hydrogen-bond acceptors (Lipinski definition) is 3. The van der Waals surface area contributed by atoms with E-state index in [2.05, 4.69) is 36.6 Å². The number of hydrogen-bond donors (Lipinski definition) is 2. The molecule has 0 spiro atoms. The topological polar surface area (TPSA) is 51.2 Å². The summed E-state index contributed by atoms with van der Waals surface area (Å²) >= 11 is 5.75. The number of halogens is 1. The maximum atomic E-state index is 5.75. The van der Waals surface area contributed by atoms with Gasteiger partial charge in [0.05, 0.1) is 6.04 Å². The average molecular weight is 251 g/mol. The van der Waals surface area contributed by atoms with E-state index in [4.69, 9.17) is 21.9 Å². The van der Waals surface area contributed by atoms with Crippen LogP contribution in [0.25, 0.3) is 0 Å². The predicted octanol–water partition coefficient (Wildman–Crippen LogP) is 2.99. The van der Waals surface area contributed by atoms with Crippen LogP contribution in [0.1, 0.15) is 22.9 Å². The van der Waals surface area contributed by atoms with E-state index in [1.807, 2.05) is 6.07 Å². The molecule has 1 unspecified atom stereocenters. The van der Waals surface area contributed by atoms with E-state index in [0.717, 1.165) is 12.2 Å². The Bertz CT molecular complexity index is 478. The zero-order valence-electron chi connectivity index (χ0n) is 9.61. The van der Waals surface area contributed by atoms with Gasteiger partial charge in [-0.05, 0) is 42.6 Å². The molecule has 17 heavy (non-hydrogen) atoms. The zero-order valence-corrected chi connectivity index (χ0v) is 10.4. The van der Waals surface area contributed by atoms with E-state index in [1.54, 1.807) is 6.07 Å². The Morgan fingerprint density at radius 2 is 1.94 bits per heavy atom. The maximum absolute atomic E-state index is 5.75. The zero-order chi connectivity index (χ0) is 12.3. The first-order valence-electron chi connectivity index (χ1n) is 5.46. The minimum atomic E-state index is -0.0646. The molecule has 0 radical (unpaired) electrons. The Kier molecular flexibility index (Phi) is 3.84. The molecule has 0 saturated carbocycles. The van der Waals surface area contributed by atoms with Crippen LogP contribution in [0.4, 0.5) is 0 Å². The van der Waals surface area contributed by atoms with Crippen molar-refractivity contribution in [3.63, 3.8) is 0 Å². The Hall–Kier alpha value is -1.29. The molecule has 3 nitrogen and oxygen atoms in total. The first kappa shape index (κ1) is 12.2. The van der Waals surface area contributed by atoms with Gasteiger partial charge in [-0.3, -0.25) is 5.84 Å². The normalized spacial score (nSPS) is 12.6. The summed E-state index contributed by atoms with van der Waals surface area (Å²) < 4.78 is 5.36. The number of nitrogens with two attached hydrogens (primary N) is 1. The lowest BCUT2D eigenvalue weighted by atomic mass is 10.0. The van der Waals surface area contributed by atoms with Crippen molar-refractivity contribution >= 4 is 11.6 Å². The van der Waals surface area contributed by atoms with Crippen molar-refractivity contribution in [1.82, 2.24) is 5.43 Å². The van der Waals surface area contributed by atoms with Crippen LogP contribution in [0.15, 0.2) is 40.8 Å². The van der Waals surface area contributed by atoms with Gasteiger partial charge in [0.2, 0.25) is 0 Å². The number of furan rings is 1. The molecule has 0 fully saturated rings. The van der Waals surface area contributed by atoms with Gasteiger partial charge in [-0.1, -0.05) is 29.8 Å². The van der Waals surface area contributed by atoms with E-state index in [1.165, 1.54) is 11.1 Å². The molecular formula is C13H15ClN2O. The highest BCUT2D eigenvalue weighted by Crippen LogP contribution is 2.22. The fraction of sp³-hybridized carbons (Fsp3) is 0.231. The molecule has 0 amide bonds. The summed E-state index contributed by atoms with van der Waals surface area (Å²) in [6.45, 7) is 2.06. The second kappa shape index (κ2) is 5.36. The Morgan fingerprint density at radius 3 is 2.47 bits per heavy atom. The summed E-state index contributed by atoms with van der Waals surface area (Å²) in [5.74, 6) is 6.29. The van der Waals surface area contributed by atoms with Gasteiger partial charge < -0.3 is 4.42 Å². The Morgan fingerprint density at radius 1 is 1.24 bits per heavy atom. The highest BCUT2D eigenvalue weighted by atomic mass is 35.5. The van der Waals surface area contributed by atoms with Gasteiger partial charge >= 0.3 is 0 Å². The molecule has 0 aliphatic rings. The molecule has 0 aliphatic heterocycles. The first-order valence-corrected chi connectivity index (χ1v) is 5.84. The standard InChI is InChI=1S/C13H15ClN2O/c1-9-2-4-10(5-3-9)8-11(16-15)12-6-7-13(14)17-12/h2-7,11,16H,8,15H2,1H3. The highest BCUT2D eigenvalue weighted by Gasteiger charge is 2.14. The molecule has 0 aliphatic carbocycles. The average Bonchev–Trinajstić information content (AvgIpc) is 2.75. The summed E-state index contributed by atoms with van der Waals surface area (Å²) in [7, 11) is 0. The van der Waals surface area contributed by atoms with E-state index >= 15 is 0 Å². The van der Waals surface area contributed by atoms with Crippen molar-refractivity contribution in [1.29, 1.82) is 0 Å². The third kappa shape index (κ3) is 3.09. The van der Waals surface area contributed by atoms with E-state index in [9.17, 15) is 0 Å². The molecule has 90 valence electrons. The lowest BCUT2D eigenvalue weighted by Gasteiger charge is -2.13. The third-order valence-electron chi connectivity index (χ3n) is 2.70. The quantitative estimate of drug-likeness (QED) is 0.648. The van der Waals surface area contributed by atoms with Crippen molar-refractivity contribution in [2.75, 3.05) is 0 Å². The lowest BCUT2D eigenvalue weighted by Crippen LogP contribution is -2.29. The van der Waals surface area contributed by atoms with Gasteiger partial charge in [-0.25, -0.2) is 5.43 Å². The fourth-order valence-electron chi connectivity index (χ4n) is 1.72. The van der Waals surface area contributed by atoms with Crippen LogP contribution >= 0.6 is 11.6 Å². The van der Waals surface area contributed by atoms with Crippen LogP contribution in [0, 0.1) is 6.92 Å². The fourth-order valence-corrected chi connectivity index (χ4v) is 1.87. The summed E-state index contributed by atoms with van der Waals surface area (Å²) in [5.41, 5.74) is 5.19. The molecule has 1 aromatic heterocycles. The van der Waals surface area contributed by atoms with Crippen LogP contribution in [-0.4, -0.2) is 0 Å². The maximum Gasteiger partial charge on any atom is 0.193 e. The SMILES string of the molecule is Cc1ccc(CC(NN)c2ccc(Cl)o2)cc1. The number of benzene rings is 1. The molecule has 1 aromatic carbocycles. The minimum absolute atomic E-state index is 0.0646. The van der Waals surface area contributed by atoms with Gasteiger partial charge in [0.1, 0.15) is 5.76 Å². The van der Waals surface area contributed by atoms with Crippen molar-refractivity contribution in [3.05, 3.63) is 58.5 Å². The smallest absolute Gasteiger partial charge is 0.193 e. The number of rotatable bonds is 4. The van der Waals surface area contributed by atoms with E-state index in [0.29, 0.717) is 5.22 Å². The number of nitrogens with one attached hydrogen (secondary N) is 1. The van der Waals surface area contributed by atoms with Crippen molar-refractivity contribution in [3.8, 4) is 0 Å². The molecule has 1 atom stereocenters. The van der Waals surface area contributed by atoms with Crippen molar-refractivity contribution in [2.24, 2.45) is 5.84 Å². The van der Waals surface area contributed by atoms with Gasteiger partial charge in [0, 0.05) is 0 Å². The molecule has 1 heterocycles. The summed E-state index contributed by atoms with van der Waals surface area (Å²) in [5, 5.41) is 0.379. The highest BCUT2D eigenvalue weighted by molar-refractivity contribution is 6.28. The molecular weight excluding hydrogens is 236 g/mol. The minimum Gasteiger partial charge on any atom is -0.448 e. The number of aryl methyl sites for hydroxylation is 1. The summed E-state index contributed by atoms with van der Waals surface area (Å²) in [4.78, 5) is 0. The van der Waals surface area contributed by atoms with Crippen LogP contribution < -0.4 is 11.3 Å². The second-order valence-electron chi connectivity index (χ2n) is 4.05. The molecule has 2 aromatic rings. The van der Waals surface area contributed by atoms with Gasteiger partial charge in [-0.15, -0.1) is 0 Å². The summed E-state index contributed by atoms with van der Waals surface area (Å²) in [6.07, 6.45) is 0.765. The van der Waals surface area contributed by atoms with Crippen LogP contribution in [-0.2, 0) is 6.42 Å². The Labute approximate surface area is 106 Å². The van der Waals surface area contributed by atoms with Gasteiger partial charge in [-0.2, -0.15) is 0 Å². The molecule has 4 heteroatoms. The largest absolute Gasteiger partial charge is 0.448 e. The van der Waals surface area contributed by atoms with Crippen LogP contribution in [0.5, 0.6) is 0 Å². The summed E-state index contributed by atoms with van der Waals surface area (Å²) in [6, 6.07) is 11.8. The third-order valence-corrected chi connectivity index (χ3v) is 2.90. The Balaban J connectivity index is 2.12. The molecule has 2 rings (SSSR count). The van der Waals surface area contributed by atoms with E-state index < -0.39 is 0 Å². The molecule has 0 bridgehead atoms. The van der Waals surface area contributed by atoms with Crippen LogP contribution in [0.2, 0.25) is 5.22 Å². The molecule has 3 N–H and O–H groups in total. The van der Waals surface area contributed by atoms with E-state index in [-0.39, 0.29) is 6.04 Å².